The average molecular weight is 434 g/mol. The average Bonchev–Trinajstić information content (AvgIpc) is 3.14. The van der Waals surface area contributed by atoms with Crippen molar-refractivity contribution >= 4 is 23.5 Å². The van der Waals surface area contributed by atoms with Gasteiger partial charge in [-0.2, -0.15) is 0 Å². The molecule has 3 aliphatic heterocycles. The lowest BCUT2D eigenvalue weighted by Crippen LogP contribution is -2.52. The molecule has 3 amide bonds. The molecule has 2 saturated heterocycles. The van der Waals surface area contributed by atoms with Crippen molar-refractivity contribution in [3.05, 3.63) is 59.3 Å². The molecule has 2 N–H and O–H groups in total. The summed E-state index contributed by atoms with van der Waals surface area (Å²) in [6.45, 7) is 3.12. The number of nitrogens with zero attached hydrogens (tertiary/aromatic N) is 3. The van der Waals surface area contributed by atoms with Crippen LogP contribution < -0.4 is 15.5 Å². The number of amides is 3. The third kappa shape index (κ3) is 4.10. The summed E-state index contributed by atoms with van der Waals surface area (Å²) in [6, 6.07) is 11.8. The fraction of sp³-hybridized carbons (Fsp3) is 0.417. The second-order valence-corrected chi connectivity index (χ2v) is 8.72. The minimum atomic E-state index is -0.571. The zero-order chi connectivity index (χ0) is 22.1. The second kappa shape index (κ2) is 8.70. The Morgan fingerprint density at radius 3 is 2.66 bits per heavy atom. The van der Waals surface area contributed by atoms with Gasteiger partial charge in [0, 0.05) is 50.4 Å². The highest BCUT2D eigenvalue weighted by molar-refractivity contribution is 6.05. The van der Waals surface area contributed by atoms with E-state index in [-0.39, 0.29) is 24.1 Å². The number of benzene rings is 1. The lowest BCUT2D eigenvalue weighted by atomic mass is 10.0. The lowest BCUT2D eigenvalue weighted by molar-refractivity contribution is -0.136. The SMILES string of the molecule is O=C1CCC(N2Cc3cc(CNC4CCN(c5ccccn5)CC4)ccc3C2=O)C(=O)N1. The molecule has 0 spiro atoms. The van der Waals surface area contributed by atoms with Gasteiger partial charge in [0.1, 0.15) is 11.9 Å². The van der Waals surface area contributed by atoms with Crippen LogP contribution in [0, 0.1) is 0 Å². The Morgan fingerprint density at radius 1 is 1.06 bits per heavy atom. The van der Waals surface area contributed by atoms with Gasteiger partial charge in [0.2, 0.25) is 11.8 Å². The van der Waals surface area contributed by atoms with E-state index in [9.17, 15) is 14.4 Å². The highest BCUT2D eigenvalue weighted by atomic mass is 16.2. The third-order valence-electron chi connectivity index (χ3n) is 6.65. The molecule has 3 aliphatic rings. The maximum absolute atomic E-state index is 12.8. The molecule has 2 aromatic rings. The van der Waals surface area contributed by atoms with Crippen LogP contribution in [0.25, 0.3) is 0 Å². The Kier molecular flexibility index (Phi) is 5.61. The zero-order valence-electron chi connectivity index (χ0n) is 17.9. The highest BCUT2D eigenvalue weighted by Crippen LogP contribution is 2.28. The number of pyridine rings is 1. The number of piperidine rings is 2. The molecule has 1 atom stereocenters. The molecule has 0 radical (unpaired) electrons. The van der Waals surface area contributed by atoms with Gasteiger partial charge in [-0.25, -0.2) is 4.98 Å². The number of carbonyl (C=O) groups is 3. The summed E-state index contributed by atoms with van der Waals surface area (Å²) in [5, 5.41) is 6.00. The summed E-state index contributed by atoms with van der Waals surface area (Å²) in [7, 11) is 0. The molecular weight excluding hydrogens is 406 g/mol. The summed E-state index contributed by atoms with van der Waals surface area (Å²) in [4.78, 5) is 44.8. The van der Waals surface area contributed by atoms with E-state index >= 15 is 0 Å². The van der Waals surface area contributed by atoms with Gasteiger partial charge in [-0.05, 0) is 48.6 Å². The van der Waals surface area contributed by atoms with Crippen LogP contribution in [0.4, 0.5) is 5.82 Å². The van der Waals surface area contributed by atoms with Crippen molar-refractivity contribution < 1.29 is 14.4 Å². The number of aromatic nitrogens is 1. The first kappa shape index (κ1) is 20.6. The summed E-state index contributed by atoms with van der Waals surface area (Å²) in [6.07, 6.45) is 4.60. The summed E-state index contributed by atoms with van der Waals surface area (Å²) in [5.74, 6) is 0.265. The van der Waals surface area contributed by atoms with Crippen molar-refractivity contribution in [2.75, 3.05) is 18.0 Å². The smallest absolute Gasteiger partial charge is 0.255 e. The fourth-order valence-corrected chi connectivity index (χ4v) is 4.85. The fourth-order valence-electron chi connectivity index (χ4n) is 4.85. The predicted molar refractivity (Wildman–Crippen MR) is 119 cm³/mol. The zero-order valence-corrected chi connectivity index (χ0v) is 17.9. The van der Waals surface area contributed by atoms with Crippen molar-refractivity contribution in [2.24, 2.45) is 0 Å². The Morgan fingerprint density at radius 2 is 1.91 bits per heavy atom. The van der Waals surface area contributed by atoms with Crippen molar-refractivity contribution in [3.63, 3.8) is 0 Å². The van der Waals surface area contributed by atoms with Crippen molar-refractivity contribution in [3.8, 4) is 0 Å². The lowest BCUT2D eigenvalue weighted by Gasteiger charge is -2.33. The number of fused-ring (bicyclic) bond motifs is 1. The Labute approximate surface area is 187 Å². The van der Waals surface area contributed by atoms with Gasteiger partial charge in [0.25, 0.3) is 5.91 Å². The van der Waals surface area contributed by atoms with Crippen molar-refractivity contribution in [1.29, 1.82) is 0 Å². The maximum Gasteiger partial charge on any atom is 0.255 e. The molecule has 166 valence electrons. The van der Waals surface area contributed by atoms with Crippen LogP contribution in [-0.2, 0) is 22.7 Å². The number of nitrogens with one attached hydrogen (secondary N) is 2. The van der Waals surface area contributed by atoms with Gasteiger partial charge in [-0.1, -0.05) is 18.2 Å². The number of anilines is 1. The number of carbonyl (C=O) groups excluding carboxylic acids is 3. The molecule has 0 bridgehead atoms. The summed E-state index contributed by atoms with van der Waals surface area (Å²) in [5.41, 5.74) is 2.74. The predicted octanol–water partition coefficient (Wildman–Crippen LogP) is 1.60. The molecule has 4 heterocycles. The third-order valence-corrected chi connectivity index (χ3v) is 6.65. The second-order valence-electron chi connectivity index (χ2n) is 8.72. The van der Waals surface area contributed by atoms with Crippen LogP contribution in [0.1, 0.15) is 47.2 Å². The Bertz CT molecular complexity index is 1030. The topological polar surface area (TPSA) is 94.6 Å². The van der Waals surface area contributed by atoms with Crippen LogP contribution in [0.15, 0.2) is 42.6 Å². The van der Waals surface area contributed by atoms with E-state index in [4.69, 9.17) is 0 Å². The van der Waals surface area contributed by atoms with Gasteiger partial charge in [-0.3, -0.25) is 19.7 Å². The molecule has 5 rings (SSSR count). The molecule has 8 nitrogen and oxygen atoms in total. The Balaban J connectivity index is 1.16. The van der Waals surface area contributed by atoms with E-state index in [2.05, 4.69) is 32.7 Å². The van der Waals surface area contributed by atoms with Gasteiger partial charge >= 0.3 is 0 Å². The van der Waals surface area contributed by atoms with Gasteiger partial charge < -0.3 is 15.1 Å². The molecule has 32 heavy (non-hydrogen) atoms. The number of hydrogen-bond acceptors (Lipinski definition) is 6. The number of rotatable bonds is 5. The first-order chi connectivity index (χ1) is 15.6. The highest BCUT2D eigenvalue weighted by Gasteiger charge is 2.39. The number of hydrogen-bond donors (Lipinski definition) is 2. The quantitative estimate of drug-likeness (QED) is 0.696. The first-order valence-electron chi connectivity index (χ1n) is 11.2. The Hall–Kier alpha value is -3.26. The largest absolute Gasteiger partial charge is 0.357 e. The van der Waals surface area contributed by atoms with E-state index in [1.807, 2.05) is 30.5 Å². The summed E-state index contributed by atoms with van der Waals surface area (Å²) >= 11 is 0. The van der Waals surface area contributed by atoms with Crippen molar-refractivity contribution in [1.82, 2.24) is 20.5 Å². The molecule has 0 aliphatic carbocycles. The van der Waals surface area contributed by atoms with Crippen LogP contribution in [0.2, 0.25) is 0 Å². The van der Waals surface area contributed by atoms with Crippen LogP contribution in [-0.4, -0.2) is 52.8 Å². The van der Waals surface area contributed by atoms with Crippen LogP contribution >= 0.6 is 0 Å². The molecule has 8 heteroatoms. The molecule has 1 aromatic carbocycles. The minimum Gasteiger partial charge on any atom is -0.357 e. The monoisotopic (exact) mass is 433 g/mol. The van der Waals surface area contributed by atoms with Gasteiger partial charge in [0.15, 0.2) is 0 Å². The molecule has 0 saturated carbocycles. The van der Waals surface area contributed by atoms with E-state index in [0.717, 1.165) is 49.4 Å². The standard InChI is InChI=1S/C24H27N5O3/c30-22-7-6-20(23(31)27-22)29-15-17-13-16(4-5-19(17)24(29)32)14-26-18-8-11-28(12-9-18)21-3-1-2-10-25-21/h1-5,10,13,18,20,26H,6-9,11-12,14-15H2,(H,27,30,31). The van der Waals surface area contributed by atoms with Crippen LogP contribution in [0.5, 0.6) is 0 Å². The normalized spacial score (nSPS) is 21.6. The molecule has 1 aromatic heterocycles. The van der Waals surface area contributed by atoms with Crippen LogP contribution in [0.3, 0.4) is 0 Å². The van der Waals surface area contributed by atoms with E-state index in [1.165, 1.54) is 0 Å². The van der Waals surface area contributed by atoms with Crippen molar-refractivity contribution in [2.45, 2.75) is 50.9 Å². The minimum absolute atomic E-state index is 0.129. The molecular formula is C24H27N5O3. The first-order valence-corrected chi connectivity index (χ1v) is 11.2. The maximum atomic E-state index is 12.8. The molecule has 1 unspecified atom stereocenters. The van der Waals surface area contributed by atoms with Gasteiger partial charge in [-0.15, -0.1) is 0 Å². The molecule has 2 fully saturated rings. The van der Waals surface area contributed by atoms with E-state index < -0.39 is 6.04 Å². The number of imide groups is 1. The summed E-state index contributed by atoms with van der Waals surface area (Å²) < 4.78 is 0. The van der Waals surface area contributed by atoms with E-state index in [0.29, 0.717) is 24.6 Å². The van der Waals surface area contributed by atoms with Gasteiger partial charge in [0.05, 0.1) is 0 Å². The van der Waals surface area contributed by atoms with E-state index in [1.54, 1.807) is 4.90 Å².